The Bertz CT molecular complexity index is 448. The van der Waals surface area contributed by atoms with Crippen LogP contribution in [0.4, 0.5) is 0 Å². The minimum Gasteiger partial charge on any atom is -0.464 e. The minimum atomic E-state index is -0.767. The highest BCUT2D eigenvalue weighted by molar-refractivity contribution is 5.94. The van der Waals surface area contributed by atoms with Crippen molar-refractivity contribution >= 4 is 11.9 Å². The lowest BCUT2D eigenvalue weighted by Crippen LogP contribution is -2.40. The smallest absolute Gasteiger partial charge is 0.328 e. The van der Waals surface area contributed by atoms with E-state index < -0.39 is 23.5 Å². The van der Waals surface area contributed by atoms with Crippen molar-refractivity contribution in [2.75, 3.05) is 6.61 Å². The molecule has 1 atom stereocenters. The van der Waals surface area contributed by atoms with Gasteiger partial charge >= 0.3 is 5.97 Å². The second-order valence-corrected chi connectivity index (χ2v) is 3.24. The number of nitrogens with one attached hydrogen (secondary N) is 2. The highest BCUT2D eigenvalue weighted by Gasteiger charge is 2.18. The van der Waals surface area contributed by atoms with Crippen LogP contribution in [0.1, 0.15) is 24.3 Å². The van der Waals surface area contributed by atoms with Gasteiger partial charge < -0.3 is 15.0 Å². The first-order valence-electron chi connectivity index (χ1n) is 5.06. The van der Waals surface area contributed by atoms with Gasteiger partial charge in [-0.1, -0.05) is 0 Å². The van der Waals surface area contributed by atoms with Crippen LogP contribution >= 0.6 is 0 Å². The van der Waals surface area contributed by atoms with Gasteiger partial charge in [0, 0.05) is 6.20 Å². The number of nitrogens with zero attached hydrogens (tertiary/aromatic N) is 1. The van der Waals surface area contributed by atoms with Crippen LogP contribution < -0.4 is 10.9 Å². The van der Waals surface area contributed by atoms with Crippen LogP contribution in [0.25, 0.3) is 0 Å². The molecule has 0 radical (unpaired) electrons. The SMILES string of the molecule is CCOC(=O)C(C)NC(=O)c1c[nH]c(=O)cn1. The lowest BCUT2D eigenvalue weighted by atomic mass is 10.3. The van der Waals surface area contributed by atoms with Crippen molar-refractivity contribution in [1.29, 1.82) is 0 Å². The van der Waals surface area contributed by atoms with Crippen molar-refractivity contribution in [3.63, 3.8) is 0 Å². The number of hydrogen-bond donors (Lipinski definition) is 2. The maximum atomic E-state index is 11.6. The normalized spacial score (nSPS) is 11.6. The molecule has 0 aliphatic heterocycles. The molecule has 0 aliphatic rings. The van der Waals surface area contributed by atoms with Gasteiger partial charge in [0.15, 0.2) is 0 Å². The molecule has 1 unspecified atom stereocenters. The molecule has 92 valence electrons. The van der Waals surface area contributed by atoms with Crippen molar-refractivity contribution in [3.8, 4) is 0 Å². The molecule has 0 aliphatic carbocycles. The monoisotopic (exact) mass is 239 g/mol. The molecule has 1 aromatic rings. The van der Waals surface area contributed by atoms with Gasteiger partial charge in [-0.15, -0.1) is 0 Å². The van der Waals surface area contributed by atoms with Crippen LogP contribution in [0.3, 0.4) is 0 Å². The fourth-order valence-electron chi connectivity index (χ4n) is 1.06. The van der Waals surface area contributed by atoms with E-state index in [2.05, 4.69) is 15.3 Å². The van der Waals surface area contributed by atoms with Gasteiger partial charge in [0.2, 0.25) is 0 Å². The molecule has 0 saturated carbocycles. The Kier molecular flexibility index (Phi) is 4.38. The topological polar surface area (TPSA) is 101 Å². The zero-order valence-electron chi connectivity index (χ0n) is 9.52. The molecule has 0 saturated heterocycles. The number of rotatable bonds is 4. The van der Waals surface area contributed by atoms with Crippen molar-refractivity contribution in [3.05, 3.63) is 28.4 Å². The van der Waals surface area contributed by atoms with Gasteiger partial charge in [0.1, 0.15) is 11.7 Å². The Hall–Kier alpha value is -2.18. The molecule has 7 heteroatoms. The van der Waals surface area contributed by atoms with Crippen LogP contribution in [0, 0.1) is 0 Å². The number of carbonyl (C=O) groups excluding carboxylic acids is 2. The lowest BCUT2D eigenvalue weighted by molar-refractivity contribution is -0.144. The summed E-state index contributed by atoms with van der Waals surface area (Å²) in [4.78, 5) is 39.5. The van der Waals surface area contributed by atoms with E-state index in [1.54, 1.807) is 6.92 Å². The van der Waals surface area contributed by atoms with E-state index in [0.29, 0.717) is 0 Å². The van der Waals surface area contributed by atoms with Gasteiger partial charge in [0.25, 0.3) is 11.5 Å². The first-order valence-corrected chi connectivity index (χ1v) is 5.06. The molecule has 2 N–H and O–H groups in total. The van der Waals surface area contributed by atoms with Gasteiger partial charge in [0.05, 0.1) is 12.8 Å². The van der Waals surface area contributed by atoms with Crippen LogP contribution in [0.2, 0.25) is 0 Å². The van der Waals surface area contributed by atoms with Crippen LogP contribution in [-0.4, -0.2) is 34.5 Å². The number of H-pyrrole nitrogens is 1. The van der Waals surface area contributed by atoms with Crippen molar-refractivity contribution in [1.82, 2.24) is 15.3 Å². The fourth-order valence-corrected chi connectivity index (χ4v) is 1.06. The number of esters is 1. The van der Waals surface area contributed by atoms with Gasteiger partial charge in [-0.2, -0.15) is 0 Å². The largest absolute Gasteiger partial charge is 0.464 e. The Morgan fingerprint density at radius 2 is 2.29 bits per heavy atom. The van der Waals surface area contributed by atoms with Gasteiger partial charge in [-0.05, 0) is 13.8 Å². The fraction of sp³-hybridized carbons (Fsp3) is 0.400. The standard InChI is InChI=1S/C10H13N3O4/c1-3-17-10(16)6(2)13-9(15)7-4-12-8(14)5-11-7/h4-6H,3H2,1-2H3,(H,12,14)(H,13,15). The van der Waals surface area contributed by atoms with Crippen LogP contribution in [-0.2, 0) is 9.53 Å². The summed E-state index contributed by atoms with van der Waals surface area (Å²) in [6.45, 7) is 3.42. The summed E-state index contributed by atoms with van der Waals surface area (Å²) < 4.78 is 4.73. The van der Waals surface area contributed by atoms with E-state index in [0.717, 1.165) is 6.20 Å². The maximum absolute atomic E-state index is 11.6. The van der Waals surface area contributed by atoms with Crippen molar-refractivity contribution in [2.45, 2.75) is 19.9 Å². The van der Waals surface area contributed by atoms with Crippen molar-refractivity contribution in [2.24, 2.45) is 0 Å². The molecule has 0 fully saturated rings. The molecule has 0 spiro atoms. The molecule has 0 aromatic carbocycles. The summed E-state index contributed by atoms with van der Waals surface area (Å²) in [5.74, 6) is -1.08. The third-order valence-electron chi connectivity index (χ3n) is 1.89. The third-order valence-corrected chi connectivity index (χ3v) is 1.89. The Morgan fingerprint density at radius 1 is 1.59 bits per heavy atom. The number of carbonyl (C=O) groups is 2. The first-order chi connectivity index (χ1) is 8.04. The zero-order chi connectivity index (χ0) is 12.8. The average molecular weight is 239 g/mol. The van der Waals surface area contributed by atoms with Crippen molar-refractivity contribution < 1.29 is 14.3 Å². The number of aromatic nitrogens is 2. The van der Waals surface area contributed by atoms with Gasteiger partial charge in [-0.25, -0.2) is 9.78 Å². The molecule has 1 rings (SSSR count). The summed E-state index contributed by atoms with van der Waals surface area (Å²) in [6, 6.07) is -0.767. The second-order valence-electron chi connectivity index (χ2n) is 3.24. The average Bonchev–Trinajstić information content (AvgIpc) is 2.30. The predicted molar refractivity (Wildman–Crippen MR) is 58.4 cm³/mol. The van der Waals surface area contributed by atoms with E-state index in [1.165, 1.54) is 13.1 Å². The van der Waals surface area contributed by atoms with Crippen LogP contribution in [0.15, 0.2) is 17.2 Å². The molecular formula is C10H13N3O4. The number of ether oxygens (including phenoxy) is 1. The summed E-state index contributed by atoms with van der Waals surface area (Å²) in [7, 11) is 0. The Labute approximate surface area is 97.2 Å². The first kappa shape index (κ1) is 12.9. The molecular weight excluding hydrogens is 226 g/mol. The lowest BCUT2D eigenvalue weighted by Gasteiger charge is -2.11. The Morgan fingerprint density at radius 3 is 2.82 bits per heavy atom. The summed E-state index contributed by atoms with van der Waals surface area (Å²) in [6.07, 6.45) is 2.17. The highest BCUT2D eigenvalue weighted by Crippen LogP contribution is 1.93. The molecule has 1 heterocycles. The molecule has 0 bridgehead atoms. The van der Waals surface area contributed by atoms with E-state index in [9.17, 15) is 14.4 Å². The quantitative estimate of drug-likeness (QED) is 0.686. The van der Waals surface area contributed by atoms with E-state index in [-0.39, 0.29) is 12.3 Å². The number of aromatic amines is 1. The third kappa shape index (κ3) is 3.71. The summed E-state index contributed by atoms with van der Waals surface area (Å²) in [5.41, 5.74) is -0.374. The Balaban J connectivity index is 2.63. The minimum absolute atomic E-state index is 0.0285. The number of hydrogen-bond acceptors (Lipinski definition) is 5. The molecule has 1 amide bonds. The zero-order valence-corrected chi connectivity index (χ0v) is 9.52. The molecule has 7 nitrogen and oxygen atoms in total. The highest BCUT2D eigenvalue weighted by atomic mass is 16.5. The second kappa shape index (κ2) is 5.78. The van der Waals surface area contributed by atoms with Crippen LogP contribution in [0.5, 0.6) is 0 Å². The van der Waals surface area contributed by atoms with E-state index in [1.807, 2.05) is 0 Å². The maximum Gasteiger partial charge on any atom is 0.328 e. The summed E-state index contributed by atoms with van der Waals surface area (Å²) in [5, 5.41) is 2.40. The molecule has 17 heavy (non-hydrogen) atoms. The van der Waals surface area contributed by atoms with E-state index >= 15 is 0 Å². The van der Waals surface area contributed by atoms with Gasteiger partial charge in [-0.3, -0.25) is 9.59 Å². The van der Waals surface area contributed by atoms with E-state index in [4.69, 9.17) is 4.74 Å². The molecule has 1 aromatic heterocycles. The number of amides is 1. The summed E-state index contributed by atoms with van der Waals surface area (Å²) >= 11 is 0. The predicted octanol–water partition coefficient (Wildman–Crippen LogP) is -0.549.